The Balaban J connectivity index is 1.82. The van der Waals surface area contributed by atoms with E-state index in [9.17, 15) is 4.79 Å². The Bertz CT molecular complexity index is 877. The molecule has 0 saturated heterocycles. The number of H-pyrrole nitrogens is 1. The summed E-state index contributed by atoms with van der Waals surface area (Å²) < 4.78 is 5.16. The van der Waals surface area contributed by atoms with Crippen LogP contribution in [0, 0.1) is 0 Å². The molecule has 1 amide bonds. The molecule has 0 aliphatic carbocycles. The summed E-state index contributed by atoms with van der Waals surface area (Å²) in [6.45, 7) is 0.280. The van der Waals surface area contributed by atoms with E-state index in [2.05, 4.69) is 15.3 Å². The van der Waals surface area contributed by atoms with Crippen molar-refractivity contribution in [1.82, 2.24) is 15.3 Å². The van der Waals surface area contributed by atoms with Gasteiger partial charge in [-0.05, 0) is 24.3 Å². The number of rotatable bonds is 4. The average molecular weight is 350 g/mol. The number of aromatic amines is 1. The summed E-state index contributed by atoms with van der Waals surface area (Å²) in [4.78, 5) is 19.5. The molecule has 0 radical (unpaired) electrons. The summed E-state index contributed by atoms with van der Waals surface area (Å²) in [6.07, 6.45) is 1.63. The minimum Gasteiger partial charge on any atom is -0.481 e. The van der Waals surface area contributed by atoms with Gasteiger partial charge in [-0.3, -0.25) is 4.79 Å². The number of hydrogen-bond donors (Lipinski definition) is 2. The number of nitrogens with zero attached hydrogens (tertiary/aromatic N) is 1. The summed E-state index contributed by atoms with van der Waals surface area (Å²) in [7, 11) is 1.53. The zero-order valence-electron chi connectivity index (χ0n) is 12.2. The van der Waals surface area contributed by atoms with Crippen molar-refractivity contribution < 1.29 is 9.53 Å². The third kappa shape index (κ3) is 3.11. The molecule has 0 fully saturated rings. The van der Waals surface area contributed by atoms with Gasteiger partial charge in [-0.1, -0.05) is 29.3 Å². The molecule has 23 heavy (non-hydrogen) atoms. The minimum absolute atomic E-state index is 0.280. The topological polar surface area (TPSA) is 67.0 Å². The van der Waals surface area contributed by atoms with E-state index in [4.69, 9.17) is 27.9 Å². The molecule has 2 heterocycles. The van der Waals surface area contributed by atoms with Gasteiger partial charge in [0, 0.05) is 34.2 Å². The summed E-state index contributed by atoms with van der Waals surface area (Å²) in [6, 6.07) is 8.85. The van der Waals surface area contributed by atoms with E-state index in [1.807, 2.05) is 6.07 Å². The van der Waals surface area contributed by atoms with E-state index in [0.29, 0.717) is 27.0 Å². The maximum atomic E-state index is 12.4. The van der Waals surface area contributed by atoms with E-state index in [0.717, 1.165) is 11.1 Å². The molecule has 0 unspecified atom stereocenters. The van der Waals surface area contributed by atoms with Gasteiger partial charge >= 0.3 is 0 Å². The maximum Gasteiger partial charge on any atom is 0.269 e. The molecule has 3 aromatic rings. The number of nitrogens with one attached hydrogen (secondary N) is 2. The van der Waals surface area contributed by atoms with Crippen LogP contribution in [0.15, 0.2) is 36.5 Å². The van der Waals surface area contributed by atoms with Crippen molar-refractivity contribution in [2.24, 2.45) is 0 Å². The van der Waals surface area contributed by atoms with Crippen LogP contribution in [0.2, 0.25) is 10.0 Å². The molecule has 5 nitrogen and oxygen atoms in total. The first-order valence-corrected chi connectivity index (χ1v) is 7.58. The summed E-state index contributed by atoms with van der Waals surface area (Å²) >= 11 is 12.2. The Hall–Kier alpha value is -2.24. The van der Waals surface area contributed by atoms with Crippen molar-refractivity contribution in [3.8, 4) is 5.88 Å². The standard InChI is InChI=1S/C16H13Cl2N3O2/c1-23-16-9(3-2-6-19-16)8-20-15(22)14-13(18)11-7-10(17)4-5-12(11)21-14/h2-7,21H,8H2,1H3,(H,20,22). The van der Waals surface area contributed by atoms with Gasteiger partial charge in [-0.2, -0.15) is 0 Å². The lowest BCUT2D eigenvalue weighted by molar-refractivity contribution is 0.0946. The number of pyridine rings is 1. The number of aromatic nitrogens is 2. The number of ether oxygens (including phenoxy) is 1. The molecule has 0 aliphatic rings. The first-order chi connectivity index (χ1) is 11.1. The van der Waals surface area contributed by atoms with Gasteiger partial charge in [-0.25, -0.2) is 4.98 Å². The second-order valence-electron chi connectivity index (χ2n) is 4.86. The lowest BCUT2D eigenvalue weighted by Crippen LogP contribution is -2.23. The normalized spacial score (nSPS) is 10.7. The molecule has 3 rings (SSSR count). The molecule has 118 valence electrons. The Morgan fingerprint density at radius 1 is 1.35 bits per heavy atom. The van der Waals surface area contributed by atoms with Gasteiger partial charge in [0.2, 0.25) is 5.88 Å². The molecular formula is C16H13Cl2N3O2. The highest BCUT2D eigenvalue weighted by atomic mass is 35.5. The Labute approximate surface area is 142 Å². The molecule has 0 saturated carbocycles. The first kappa shape index (κ1) is 15.6. The van der Waals surface area contributed by atoms with Crippen LogP contribution in [-0.4, -0.2) is 23.0 Å². The number of methoxy groups -OCH3 is 1. The van der Waals surface area contributed by atoms with Gasteiger partial charge in [0.25, 0.3) is 5.91 Å². The van der Waals surface area contributed by atoms with E-state index < -0.39 is 0 Å². The Morgan fingerprint density at radius 2 is 2.17 bits per heavy atom. The van der Waals surface area contributed by atoms with Crippen molar-refractivity contribution in [3.05, 3.63) is 57.8 Å². The minimum atomic E-state index is -0.312. The molecule has 0 atom stereocenters. The van der Waals surface area contributed by atoms with Crippen molar-refractivity contribution in [2.45, 2.75) is 6.54 Å². The molecule has 1 aromatic carbocycles. The lowest BCUT2D eigenvalue weighted by atomic mass is 10.2. The number of carbonyl (C=O) groups is 1. The van der Waals surface area contributed by atoms with E-state index in [1.165, 1.54) is 7.11 Å². The average Bonchev–Trinajstić information content (AvgIpc) is 2.89. The summed E-state index contributed by atoms with van der Waals surface area (Å²) in [5.74, 6) is 0.163. The van der Waals surface area contributed by atoms with Crippen LogP contribution in [0.3, 0.4) is 0 Å². The quantitative estimate of drug-likeness (QED) is 0.752. The van der Waals surface area contributed by atoms with Crippen LogP contribution in [0.4, 0.5) is 0 Å². The van der Waals surface area contributed by atoms with Gasteiger partial charge in [0.15, 0.2) is 0 Å². The van der Waals surface area contributed by atoms with Gasteiger partial charge < -0.3 is 15.0 Å². The maximum absolute atomic E-state index is 12.4. The van der Waals surface area contributed by atoms with Crippen LogP contribution >= 0.6 is 23.2 Å². The molecule has 0 spiro atoms. The lowest BCUT2D eigenvalue weighted by Gasteiger charge is -2.08. The third-order valence-corrected chi connectivity index (χ3v) is 4.03. The number of carbonyl (C=O) groups excluding carboxylic acids is 1. The van der Waals surface area contributed by atoms with Crippen molar-refractivity contribution in [1.29, 1.82) is 0 Å². The first-order valence-electron chi connectivity index (χ1n) is 6.83. The van der Waals surface area contributed by atoms with E-state index in [1.54, 1.807) is 30.5 Å². The second kappa shape index (κ2) is 6.48. The van der Waals surface area contributed by atoms with Crippen molar-refractivity contribution in [3.63, 3.8) is 0 Å². The van der Waals surface area contributed by atoms with E-state index >= 15 is 0 Å². The SMILES string of the molecule is COc1ncccc1CNC(=O)c1[nH]c2ccc(Cl)cc2c1Cl. The highest BCUT2D eigenvalue weighted by Gasteiger charge is 2.17. The molecule has 2 N–H and O–H groups in total. The van der Waals surface area contributed by atoms with Crippen LogP contribution in [0.1, 0.15) is 16.1 Å². The molecular weight excluding hydrogens is 337 g/mol. The third-order valence-electron chi connectivity index (χ3n) is 3.41. The van der Waals surface area contributed by atoms with Crippen LogP contribution in [0.25, 0.3) is 10.9 Å². The van der Waals surface area contributed by atoms with Crippen LogP contribution < -0.4 is 10.1 Å². The van der Waals surface area contributed by atoms with Crippen LogP contribution in [0.5, 0.6) is 5.88 Å². The number of fused-ring (bicyclic) bond motifs is 1. The molecule has 7 heteroatoms. The van der Waals surface area contributed by atoms with E-state index in [-0.39, 0.29) is 12.5 Å². The monoisotopic (exact) mass is 349 g/mol. The highest BCUT2D eigenvalue weighted by Crippen LogP contribution is 2.29. The second-order valence-corrected chi connectivity index (χ2v) is 5.67. The highest BCUT2D eigenvalue weighted by molar-refractivity contribution is 6.39. The van der Waals surface area contributed by atoms with Gasteiger partial charge in [-0.15, -0.1) is 0 Å². The molecule has 0 bridgehead atoms. The van der Waals surface area contributed by atoms with Gasteiger partial charge in [0.1, 0.15) is 5.69 Å². The Kier molecular flexibility index (Phi) is 4.41. The molecule has 2 aromatic heterocycles. The van der Waals surface area contributed by atoms with Crippen molar-refractivity contribution >= 4 is 40.0 Å². The fourth-order valence-corrected chi connectivity index (χ4v) is 2.76. The Morgan fingerprint density at radius 3 is 2.96 bits per heavy atom. The van der Waals surface area contributed by atoms with Gasteiger partial charge in [0.05, 0.1) is 12.1 Å². The predicted octanol–water partition coefficient (Wildman–Crippen LogP) is 3.81. The van der Waals surface area contributed by atoms with Crippen molar-refractivity contribution in [2.75, 3.05) is 7.11 Å². The van der Waals surface area contributed by atoms with Crippen LogP contribution in [-0.2, 0) is 6.54 Å². The smallest absolute Gasteiger partial charge is 0.269 e. The largest absolute Gasteiger partial charge is 0.481 e. The predicted molar refractivity (Wildman–Crippen MR) is 90.3 cm³/mol. The summed E-state index contributed by atoms with van der Waals surface area (Å²) in [5, 5.41) is 4.42. The zero-order chi connectivity index (χ0) is 16.4. The number of halogens is 2. The number of benzene rings is 1. The number of amides is 1. The molecule has 0 aliphatic heterocycles. The summed E-state index contributed by atoms with van der Waals surface area (Å²) in [5.41, 5.74) is 1.83. The fourth-order valence-electron chi connectivity index (χ4n) is 2.29. The fraction of sp³-hybridized carbons (Fsp3) is 0.125. The number of hydrogen-bond acceptors (Lipinski definition) is 3. The zero-order valence-corrected chi connectivity index (χ0v) is 13.7.